The van der Waals surface area contributed by atoms with Crippen molar-refractivity contribution in [3.63, 3.8) is 0 Å². The molecule has 1 aliphatic heterocycles. The number of ether oxygens (including phenoxy) is 1. The zero-order chi connectivity index (χ0) is 20.4. The summed E-state index contributed by atoms with van der Waals surface area (Å²) in [7, 11) is 3.61. The summed E-state index contributed by atoms with van der Waals surface area (Å²) in [6.45, 7) is 0.833. The molecular weight excluding hydrogens is 427 g/mol. The molecule has 3 heterocycles. The lowest BCUT2D eigenvalue weighted by Gasteiger charge is -2.36. The second kappa shape index (κ2) is 9.51. The molecule has 1 aromatic carbocycles. The Morgan fingerprint density at radius 3 is 2.77 bits per heavy atom. The molecule has 0 bridgehead atoms. The third kappa shape index (κ3) is 4.61. The molecule has 2 amide bonds. The van der Waals surface area contributed by atoms with E-state index in [4.69, 9.17) is 21.5 Å². The number of fused-ring (bicyclic) bond motifs is 1. The molecule has 1 aliphatic rings. The first-order valence-electron chi connectivity index (χ1n) is 9.46. The molecule has 8 nitrogen and oxygen atoms in total. The number of anilines is 1. The number of carbonyl (C=O) groups excluding carboxylic acids is 1. The highest BCUT2D eigenvalue weighted by Gasteiger charge is 2.31. The van der Waals surface area contributed by atoms with E-state index in [0.29, 0.717) is 11.6 Å². The van der Waals surface area contributed by atoms with E-state index in [1.54, 1.807) is 29.5 Å². The van der Waals surface area contributed by atoms with E-state index in [9.17, 15) is 4.79 Å². The second-order valence-corrected chi connectivity index (χ2v) is 7.48. The first-order valence-corrected chi connectivity index (χ1v) is 9.80. The van der Waals surface area contributed by atoms with Crippen molar-refractivity contribution in [1.29, 1.82) is 0 Å². The molecule has 0 spiro atoms. The van der Waals surface area contributed by atoms with Crippen molar-refractivity contribution < 1.29 is 9.53 Å². The Hall–Kier alpha value is -2.55. The van der Waals surface area contributed by atoms with Crippen LogP contribution in [0, 0.1) is 0 Å². The van der Waals surface area contributed by atoms with Crippen LogP contribution in [0.4, 0.5) is 10.5 Å². The highest BCUT2D eigenvalue weighted by molar-refractivity contribution is 6.19. The number of nitrogens with one attached hydrogen (secondary N) is 2. The Kier molecular flexibility index (Phi) is 7.02. The average molecular weight is 451 g/mol. The van der Waals surface area contributed by atoms with Gasteiger partial charge in [-0.3, -0.25) is 4.90 Å². The van der Waals surface area contributed by atoms with E-state index in [0.717, 1.165) is 36.2 Å². The van der Waals surface area contributed by atoms with Gasteiger partial charge in [0.25, 0.3) is 0 Å². The molecule has 3 aromatic rings. The van der Waals surface area contributed by atoms with Crippen molar-refractivity contribution in [1.82, 2.24) is 24.3 Å². The number of hydrogen-bond acceptors (Lipinski definition) is 5. The standard InChI is InChI=1S/C20H23ClN6O2.ClH/c1-26-10-9-13(23-20(28)24-14-7-8-18(29-2)22-12-14)11-17(26)19-25-15-5-3-4-6-16(15)27(19)21;/h3-8,12-13,17H,9-11H2,1-2H3,(H2,23,24,28);1H/t13-,17-;/m1./s1. The van der Waals surface area contributed by atoms with Crippen LogP contribution in [0.5, 0.6) is 5.88 Å². The number of para-hydroxylation sites is 2. The van der Waals surface area contributed by atoms with Crippen molar-refractivity contribution in [2.75, 3.05) is 26.0 Å². The predicted molar refractivity (Wildman–Crippen MR) is 120 cm³/mol. The number of methoxy groups -OCH3 is 1. The van der Waals surface area contributed by atoms with Gasteiger partial charge in [-0.05, 0) is 38.1 Å². The number of aromatic nitrogens is 3. The lowest BCUT2D eigenvalue weighted by molar-refractivity contribution is 0.152. The molecular formula is C20H24Cl2N6O2. The van der Waals surface area contributed by atoms with Crippen molar-refractivity contribution in [2.45, 2.75) is 24.9 Å². The Bertz CT molecular complexity index is 1010. The number of hydrogen-bond donors (Lipinski definition) is 2. The summed E-state index contributed by atoms with van der Waals surface area (Å²) >= 11 is 6.55. The maximum absolute atomic E-state index is 12.4. The normalized spacial score (nSPS) is 19.2. The number of imidazole rings is 1. The van der Waals surface area contributed by atoms with Crippen molar-refractivity contribution in [3.05, 3.63) is 48.4 Å². The average Bonchev–Trinajstić information content (AvgIpc) is 3.06. The molecule has 0 aliphatic carbocycles. The number of likely N-dealkylation sites (tertiary alicyclic amines) is 1. The maximum atomic E-state index is 12.4. The first kappa shape index (κ1) is 22.1. The van der Waals surface area contributed by atoms with Gasteiger partial charge in [-0.2, -0.15) is 0 Å². The minimum absolute atomic E-state index is 0. The minimum atomic E-state index is -0.260. The van der Waals surface area contributed by atoms with Gasteiger partial charge < -0.3 is 15.4 Å². The van der Waals surface area contributed by atoms with Crippen LogP contribution in [-0.2, 0) is 0 Å². The molecule has 0 saturated carbocycles. The van der Waals surface area contributed by atoms with Gasteiger partial charge in [-0.15, -0.1) is 12.4 Å². The van der Waals surface area contributed by atoms with Crippen LogP contribution in [-0.4, -0.2) is 51.7 Å². The van der Waals surface area contributed by atoms with Gasteiger partial charge in [0.2, 0.25) is 5.88 Å². The molecule has 160 valence electrons. The van der Waals surface area contributed by atoms with E-state index in [2.05, 4.69) is 27.6 Å². The van der Waals surface area contributed by atoms with Crippen molar-refractivity contribution >= 4 is 46.9 Å². The zero-order valence-electron chi connectivity index (χ0n) is 16.7. The fourth-order valence-corrected chi connectivity index (χ4v) is 3.96. The number of rotatable bonds is 4. The van der Waals surface area contributed by atoms with Gasteiger partial charge in [-0.25, -0.2) is 18.8 Å². The van der Waals surface area contributed by atoms with Gasteiger partial charge in [-0.1, -0.05) is 12.1 Å². The fourth-order valence-electron chi connectivity index (χ4n) is 3.66. The number of carbonyl (C=O) groups is 1. The Balaban J connectivity index is 0.00000256. The van der Waals surface area contributed by atoms with Crippen LogP contribution in [0.3, 0.4) is 0 Å². The van der Waals surface area contributed by atoms with Gasteiger partial charge in [0.1, 0.15) is 5.82 Å². The molecule has 0 radical (unpaired) electrons. The molecule has 30 heavy (non-hydrogen) atoms. The molecule has 4 rings (SSSR count). The van der Waals surface area contributed by atoms with Gasteiger partial charge in [0.05, 0.1) is 36.1 Å². The van der Waals surface area contributed by atoms with Gasteiger partial charge in [0.15, 0.2) is 0 Å². The summed E-state index contributed by atoms with van der Waals surface area (Å²) in [5.74, 6) is 1.29. The molecule has 1 saturated heterocycles. The Labute approximate surface area is 186 Å². The number of nitrogens with zero attached hydrogens (tertiary/aromatic N) is 4. The van der Waals surface area contributed by atoms with Crippen LogP contribution in [0.2, 0.25) is 0 Å². The lowest BCUT2D eigenvalue weighted by Crippen LogP contribution is -2.46. The smallest absolute Gasteiger partial charge is 0.319 e. The monoisotopic (exact) mass is 450 g/mol. The van der Waals surface area contributed by atoms with E-state index in [-0.39, 0.29) is 30.5 Å². The Morgan fingerprint density at radius 1 is 1.27 bits per heavy atom. The second-order valence-electron chi connectivity index (χ2n) is 7.14. The third-order valence-electron chi connectivity index (χ3n) is 5.24. The van der Waals surface area contributed by atoms with E-state index >= 15 is 0 Å². The van der Waals surface area contributed by atoms with Crippen LogP contribution in [0.25, 0.3) is 11.0 Å². The quantitative estimate of drug-likeness (QED) is 0.630. The largest absolute Gasteiger partial charge is 0.481 e. The third-order valence-corrected chi connectivity index (χ3v) is 5.59. The zero-order valence-corrected chi connectivity index (χ0v) is 18.3. The van der Waals surface area contributed by atoms with Gasteiger partial charge in [0, 0.05) is 30.4 Å². The van der Waals surface area contributed by atoms with Crippen molar-refractivity contribution in [2.24, 2.45) is 0 Å². The number of pyridine rings is 1. The van der Waals surface area contributed by atoms with E-state index in [1.807, 2.05) is 24.3 Å². The Morgan fingerprint density at radius 2 is 2.07 bits per heavy atom. The molecule has 2 aromatic heterocycles. The van der Waals surface area contributed by atoms with Crippen LogP contribution >= 0.6 is 24.2 Å². The van der Waals surface area contributed by atoms with Crippen LogP contribution < -0.4 is 15.4 Å². The number of benzene rings is 1. The van der Waals surface area contributed by atoms with Crippen LogP contribution in [0.15, 0.2) is 42.6 Å². The van der Waals surface area contributed by atoms with E-state index < -0.39 is 0 Å². The molecule has 0 unspecified atom stereocenters. The lowest BCUT2D eigenvalue weighted by atomic mass is 9.97. The summed E-state index contributed by atoms with van der Waals surface area (Å²) in [5.41, 5.74) is 2.36. The summed E-state index contributed by atoms with van der Waals surface area (Å²) in [5, 5.41) is 5.86. The maximum Gasteiger partial charge on any atom is 0.319 e. The predicted octanol–water partition coefficient (Wildman–Crippen LogP) is 3.82. The SMILES string of the molecule is COc1ccc(NC(=O)N[C@@H]2CCN(C)[C@@H](c3nc4ccccc4n3Cl)C2)cn1.Cl. The molecule has 1 fully saturated rings. The molecule has 10 heteroatoms. The van der Waals surface area contributed by atoms with Crippen LogP contribution in [0.1, 0.15) is 24.7 Å². The molecule has 2 atom stereocenters. The summed E-state index contributed by atoms with van der Waals surface area (Å²) < 4.78 is 6.66. The number of piperidine rings is 1. The van der Waals surface area contributed by atoms with Crippen molar-refractivity contribution in [3.8, 4) is 5.88 Å². The molecule has 2 N–H and O–H groups in total. The van der Waals surface area contributed by atoms with Gasteiger partial charge >= 0.3 is 6.03 Å². The first-order chi connectivity index (χ1) is 14.0. The summed E-state index contributed by atoms with van der Waals surface area (Å²) in [4.78, 5) is 23.5. The summed E-state index contributed by atoms with van der Waals surface area (Å²) in [6.07, 6.45) is 3.14. The number of amides is 2. The fraction of sp³-hybridized carbons (Fsp3) is 0.350. The topological polar surface area (TPSA) is 84.3 Å². The van der Waals surface area contributed by atoms with E-state index in [1.165, 1.54) is 0 Å². The summed E-state index contributed by atoms with van der Waals surface area (Å²) in [6, 6.07) is 11.0. The highest BCUT2D eigenvalue weighted by atomic mass is 35.5. The number of urea groups is 1. The highest BCUT2D eigenvalue weighted by Crippen LogP contribution is 2.32. The minimum Gasteiger partial charge on any atom is -0.481 e. The number of halogens is 2.